The molecule has 1 aliphatic heterocycles. The highest BCUT2D eigenvalue weighted by molar-refractivity contribution is 5.75. The molecule has 0 fully saturated rings. The molecule has 0 saturated heterocycles. The standard InChI is InChI=1S/C23H21N/c1-15-7-8-22-20(9-15)13-21-12-18-10-16-5-3-4-6-17(16)11-19(18)14-23(21)24(22)2/h3-9,12,14H,10-11,13H2,1-2H3. The van der Waals surface area contributed by atoms with Crippen molar-refractivity contribution in [3.05, 3.63) is 93.5 Å². The van der Waals surface area contributed by atoms with Crippen LogP contribution in [0.1, 0.15) is 38.9 Å². The Labute approximate surface area is 143 Å². The third kappa shape index (κ3) is 2.01. The van der Waals surface area contributed by atoms with Crippen molar-refractivity contribution < 1.29 is 0 Å². The van der Waals surface area contributed by atoms with E-state index in [1.54, 1.807) is 0 Å². The van der Waals surface area contributed by atoms with Crippen molar-refractivity contribution in [3.63, 3.8) is 0 Å². The molecule has 0 N–H and O–H groups in total. The van der Waals surface area contributed by atoms with Gasteiger partial charge in [-0.15, -0.1) is 0 Å². The van der Waals surface area contributed by atoms with Gasteiger partial charge in [0, 0.05) is 24.8 Å². The fourth-order valence-electron chi connectivity index (χ4n) is 4.34. The summed E-state index contributed by atoms with van der Waals surface area (Å²) in [7, 11) is 2.20. The molecule has 118 valence electrons. The molecule has 1 nitrogen and oxygen atoms in total. The highest BCUT2D eigenvalue weighted by Crippen LogP contribution is 2.41. The molecule has 24 heavy (non-hydrogen) atoms. The predicted molar refractivity (Wildman–Crippen MR) is 101 cm³/mol. The average Bonchev–Trinajstić information content (AvgIpc) is 2.58. The molecule has 3 aromatic carbocycles. The van der Waals surface area contributed by atoms with E-state index in [2.05, 4.69) is 73.5 Å². The molecule has 0 aromatic heterocycles. The van der Waals surface area contributed by atoms with Gasteiger partial charge >= 0.3 is 0 Å². The van der Waals surface area contributed by atoms with Crippen LogP contribution >= 0.6 is 0 Å². The summed E-state index contributed by atoms with van der Waals surface area (Å²) in [6.07, 6.45) is 3.18. The maximum atomic E-state index is 2.46. The largest absolute Gasteiger partial charge is 0.344 e. The maximum Gasteiger partial charge on any atom is 0.0447 e. The molecule has 5 rings (SSSR count). The third-order valence-electron chi connectivity index (χ3n) is 5.62. The van der Waals surface area contributed by atoms with Crippen LogP contribution in [-0.4, -0.2) is 7.05 Å². The zero-order chi connectivity index (χ0) is 16.3. The van der Waals surface area contributed by atoms with Crippen LogP contribution in [0.15, 0.2) is 54.6 Å². The fraction of sp³-hybridized carbons (Fsp3) is 0.217. The van der Waals surface area contributed by atoms with E-state index < -0.39 is 0 Å². The number of anilines is 2. The Hall–Kier alpha value is -2.54. The van der Waals surface area contributed by atoms with Crippen molar-refractivity contribution in [1.82, 2.24) is 0 Å². The smallest absolute Gasteiger partial charge is 0.0447 e. The molecule has 1 heterocycles. The van der Waals surface area contributed by atoms with Crippen LogP contribution in [0.4, 0.5) is 11.4 Å². The molecule has 1 aliphatic carbocycles. The first-order valence-electron chi connectivity index (χ1n) is 8.74. The third-order valence-corrected chi connectivity index (χ3v) is 5.62. The van der Waals surface area contributed by atoms with E-state index in [0.29, 0.717) is 0 Å². The van der Waals surface area contributed by atoms with Gasteiger partial charge in [0.05, 0.1) is 0 Å². The van der Waals surface area contributed by atoms with Gasteiger partial charge in [0.15, 0.2) is 0 Å². The summed E-state index contributed by atoms with van der Waals surface area (Å²) in [6.45, 7) is 2.18. The minimum atomic E-state index is 1.05. The molecule has 0 atom stereocenters. The minimum Gasteiger partial charge on any atom is -0.344 e. The molecule has 2 aliphatic rings. The van der Waals surface area contributed by atoms with Gasteiger partial charge in [-0.1, -0.05) is 48.0 Å². The number of nitrogens with zero attached hydrogens (tertiary/aromatic N) is 1. The molecule has 3 aromatic rings. The molecule has 0 unspecified atom stereocenters. The second-order valence-corrected chi connectivity index (χ2v) is 7.24. The Bertz CT molecular complexity index is 968. The Kier molecular flexibility index (Phi) is 2.87. The molecule has 1 heteroatoms. The summed E-state index contributed by atoms with van der Waals surface area (Å²) < 4.78 is 0. The van der Waals surface area contributed by atoms with Crippen LogP contribution in [-0.2, 0) is 19.3 Å². The van der Waals surface area contributed by atoms with E-state index in [-0.39, 0.29) is 0 Å². The average molecular weight is 311 g/mol. The fourth-order valence-corrected chi connectivity index (χ4v) is 4.34. The van der Waals surface area contributed by atoms with Crippen LogP contribution in [0.2, 0.25) is 0 Å². The number of hydrogen-bond donors (Lipinski definition) is 0. The van der Waals surface area contributed by atoms with E-state index in [1.807, 2.05) is 0 Å². The van der Waals surface area contributed by atoms with Gasteiger partial charge in [-0.3, -0.25) is 0 Å². The quantitative estimate of drug-likeness (QED) is 0.433. The van der Waals surface area contributed by atoms with Gasteiger partial charge < -0.3 is 4.90 Å². The lowest BCUT2D eigenvalue weighted by molar-refractivity contribution is 0.971. The SMILES string of the molecule is Cc1ccc2c(c1)Cc1cc3c(cc1N2C)Cc1ccccc1C3. The van der Waals surface area contributed by atoms with Crippen LogP contribution in [0.25, 0.3) is 0 Å². The highest BCUT2D eigenvalue weighted by atomic mass is 15.1. The summed E-state index contributed by atoms with van der Waals surface area (Å²) in [5, 5.41) is 0. The van der Waals surface area contributed by atoms with E-state index in [4.69, 9.17) is 0 Å². The summed E-state index contributed by atoms with van der Waals surface area (Å²) >= 11 is 0. The second-order valence-electron chi connectivity index (χ2n) is 7.24. The summed E-state index contributed by atoms with van der Waals surface area (Å²) in [5.74, 6) is 0. The van der Waals surface area contributed by atoms with E-state index in [0.717, 1.165) is 19.3 Å². The Balaban J connectivity index is 1.62. The Morgan fingerprint density at radius 1 is 0.625 bits per heavy atom. The zero-order valence-electron chi connectivity index (χ0n) is 14.3. The lowest BCUT2D eigenvalue weighted by Gasteiger charge is -2.32. The van der Waals surface area contributed by atoms with Gasteiger partial charge in [-0.05, 0) is 65.3 Å². The van der Waals surface area contributed by atoms with Crippen molar-refractivity contribution in [2.24, 2.45) is 0 Å². The lowest BCUT2D eigenvalue weighted by atomic mass is 9.83. The van der Waals surface area contributed by atoms with Crippen LogP contribution in [0.3, 0.4) is 0 Å². The van der Waals surface area contributed by atoms with E-state index >= 15 is 0 Å². The van der Waals surface area contributed by atoms with Crippen molar-refractivity contribution in [2.45, 2.75) is 26.2 Å². The van der Waals surface area contributed by atoms with Gasteiger partial charge in [0.2, 0.25) is 0 Å². The Morgan fingerprint density at radius 3 is 2.00 bits per heavy atom. The lowest BCUT2D eigenvalue weighted by Crippen LogP contribution is -2.20. The van der Waals surface area contributed by atoms with E-state index in [9.17, 15) is 0 Å². The number of fused-ring (bicyclic) bond motifs is 4. The van der Waals surface area contributed by atoms with E-state index in [1.165, 1.54) is 50.3 Å². The topological polar surface area (TPSA) is 3.24 Å². The first-order chi connectivity index (χ1) is 11.7. The number of hydrogen-bond acceptors (Lipinski definition) is 1. The number of rotatable bonds is 0. The van der Waals surface area contributed by atoms with Crippen LogP contribution in [0, 0.1) is 6.92 Å². The molecule has 0 bridgehead atoms. The van der Waals surface area contributed by atoms with Crippen LogP contribution < -0.4 is 4.90 Å². The zero-order valence-corrected chi connectivity index (χ0v) is 14.3. The van der Waals surface area contributed by atoms with Crippen molar-refractivity contribution >= 4 is 11.4 Å². The molecular formula is C23H21N. The van der Waals surface area contributed by atoms with Gasteiger partial charge in [-0.25, -0.2) is 0 Å². The number of aryl methyl sites for hydroxylation is 1. The summed E-state index contributed by atoms with van der Waals surface area (Å²) in [6, 6.07) is 20.6. The van der Waals surface area contributed by atoms with Crippen molar-refractivity contribution in [3.8, 4) is 0 Å². The second kappa shape index (κ2) is 4.98. The molecular weight excluding hydrogens is 290 g/mol. The maximum absolute atomic E-state index is 2.46. The first-order valence-corrected chi connectivity index (χ1v) is 8.74. The minimum absolute atomic E-state index is 1.05. The Morgan fingerprint density at radius 2 is 1.25 bits per heavy atom. The first kappa shape index (κ1) is 13.9. The molecule has 0 saturated carbocycles. The van der Waals surface area contributed by atoms with Crippen molar-refractivity contribution in [2.75, 3.05) is 11.9 Å². The van der Waals surface area contributed by atoms with Gasteiger partial charge in [-0.2, -0.15) is 0 Å². The monoisotopic (exact) mass is 311 g/mol. The molecule has 0 radical (unpaired) electrons. The molecule has 0 spiro atoms. The van der Waals surface area contributed by atoms with Gasteiger partial charge in [0.25, 0.3) is 0 Å². The normalized spacial score (nSPS) is 14.5. The summed E-state index contributed by atoms with van der Waals surface area (Å²) in [4.78, 5) is 2.37. The molecule has 0 amide bonds. The number of benzene rings is 3. The van der Waals surface area contributed by atoms with Gasteiger partial charge in [0.1, 0.15) is 0 Å². The predicted octanol–water partition coefficient (Wildman–Crippen LogP) is 5.16. The van der Waals surface area contributed by atoms with Crippen molar-refractivity contribution in [1.29, 1.82) is 0 Å². The highest BCUT2D eigenvalue weighted by Gasteiger charge is 2.23. The summed E-state index contributed by atoms with van der Waals surface area (Å²) in [5.41, 5.74) is 13.0. The van der Waals surface area contributed by atoms with Crippen LogP contribution in [0.5, 0.6) is 0 Å².